The smallest absolute Gasteiger partial charge is 0.161 e. The molecule has 80 valence electrons. The van der Waals surface area contributed by atoms with E-state index < -0.39 is 0 Å². The summed E-state index contributed by atoms with van der Waals surface area (Å²) < 4.78 is 2.35. The zero-order valence-corrected chi connectivity index (χ0v) is 11.0. The zero-order valence-electron chi connectivity index (χ0n) is 7.77. The molecule has 1 N–H and O–H groups in total. The van der Waals surface area contributed by atoms with Gasteiger partial charge in [0.15, 0.2) is 4.34 Å². The van der Waals surface area contributed by atoms with Gasteiger partial charge in [0.25, 0.3) is 0 Å². The summed E-state index contributed by atoms with van der Waals surface area (Å²) >= 11 is 7.09. The van der Waals surface area contributed by atoms with Crippen molar-refractivity contribution in [2.45, 2.75) is 4.34 Å². The number of para-hydroxylation sites is 1. The SMILES string of the molecule is ClNCCSSc1nc2ccccc2s1. The number of hydrogen-bond acceptors (Lipinski definition) is 5. The number of nitrogens with zero attached hydrogens (tertiary/aromatic N) is 1. The van der Waals surface area contributed by atoms with Gasteiger partial charge in [-0.2, -0.15) is 0 Å². The molecule has 0 saturated carbocycles. The Balaban J connectivity index is 1.97. The van der Waals surface area contributed by atoms with Crippen LogP contribution in [0.3, 0.4) is 0 Å². The van der Waals surface area contributed by atoms with E-state index in [0.29, 0.717) is 0 Å². The lowest BCUT2D eigenvalue weighted by Gasteiger charge is -1.94. The molecule has 6 heteroatoms. The number of benzene rings is 1. The summed E-state index contributed by atoms with van der Waals surface area (Å²) in [7, 11) is 3.48. The largest absolute Gasteiger partial charge is 0.233 e. The second-order valence-corrected chi connectivity index (χ2v) is 6.70. The van der Waals surface area contributed by atoms with E-state index in [-0.39, 0.29) is 0 Å². The summed E-state index contributed by atoms with van der Waals surface area (Å²) in [5, 5.41) is 0. The molecule has 1 aromatic heterocycles. The van der Waals surface area contributed by atoms with E-state index in [4.69, 9.17) is 11.8 Å². The summed E-state index contributed by atoms with van der Waals surface area (Å²) in [6.45, 7) is 0.810. The quantitative estimate of drug-likeness (QED) is 0.510. The second-order valence-electron chi connectivity index (χ2n) is 2.74. The molecule has 0 fully saturated rings. The van der Waals surface area contributed by atoms with Crippen LogP contribution in [0.4, 0.5) is 0 Å². The second kappa shape index (κ2) is 5.96. The molecule has 2 rings (SSSR count). The fourth-order valence-electron chi connectivity index (χ4n) is 1.06. The van der Waals surface area contributed by atoms with Crippen molar-refractivity contribution in [3.63, 3.8) is 0 Å². The Hall–Kier alpha value is 0.0600. The van der Waals surface area contributed by atoms with Crippen molar-refractivity contribution in [3.8, 4) is 0 Å². The molecule has 0 atom stereocenters. The first-order valence-corrected chi connectivity index (χ1v) is 7.90. The predicted octanol–water partition coefficient (Wildman–Crippen LogP) is 3.78. The summed E-state index contributed by atoms with van der Waals surface area (Å²) in [6, 6.07) is 8.20. The van der Waals surface area contributed by atoms with Gasteiger partial charge in [0, 0.05) is 12.3 Å². The topological polar surface area (TPSA) is 24.9 Å². The van der Waals surface area contributed by atoms with Crippen LogP contribution in [0.25, 0.3) is 10.2 Å². The molecule has 0 radical (unpaired) electrons. The first kappa shape index (κ1) is 11.5. The molecule has 15 heavy (non-hydrogen) atoms. The standard InChI is InChI=1S/C9H9ClN2S3/c10-11-5-6-13-15-9-12-7-3-1-2-4-8(7)14-9/h1-4,11H,5-6H2. The number of hydrogen-bond donors (Lipinski definition) is 1. The normalized spacial score (nSPS) is 11.0. The number of fused-ring (bicyclic) bond motifs is 1. The maximum atomic E-state index is 5.36. The highest BCUT2D eigenvalue weighted by molar-refractivity contribution is 8.77. The van der Waals surface area contributed by atoms with Gasteiger partial charge in [-0.1, -0.05) is 22.9 Å². The van der Waals surface area contributed by atoms with Crippen LogP contribution in [0.1, 0.15) is 0 Å². The minimum Gasteiger partial charge on any atom is -0.233 e. The summed E-state index contributed by atoms with van der Waals surface area (Å²) in [5.41, 5.74) is 1.08. The van der Waals surface area contributed by atoms with Crippen molar-refractivity contribution < 1.29 is 0 Å². The maximum absolute atomic E-state index is 5.36. The highest BCUT2D eigenvalue weighted by Gasteiger charge is 2.03. The van der Waals surface area contributed by atoms with E-state index in [0.717, 1.165) is 22.2 Å². The lowest BCUT2D eigenvalue weighted by molar-refractivity contribution is 1.04. The molecule has 0 spiro atoms. The highest BCUT2D eigenvalue weighted by Crippen LogP contribution is 2.36. The van der Waals surface area contributed by atoms with Crippen molar-refractivity contribution >= 4 is 54.9 Å². The Labute approximate surface area is 105 Å². The molecule has 1 aromatic carbocycles. The molecule has 0 aliphatic heterocycles. The summed E-state index contributed by atoms with van der Waals surface area (Å²) in [5.74, 6) is 0.976. The van der Waals surface area contributed by atoms with Crippen LogP contribution < -0.4 is 4.84 Å². The molecule has 0 aliphatic rings. The number of halogens is 1. The van der Waals surface area contributed by atoms with Gasteiger partial charge in [0.2, 0.25) is 0 Å². The van der Waals surface area contributed by atoms with E-state index in [2.05, 4.69) is 15.9 Å². The molecule has 0 bridgehead atoms. The molecule has 1 heterocycles. The van der Waals surface area contributed by atoms with E-state index >= 15 is 0 Å². The van der Waals surface area contributed by atoms with E-state index in [1.165, 1.54) is 4.70 Å². The first-order valence-electron chi connectivity index (χ1n) is 4.38. The number of aromatic nitrogens is 1. The summed E-state index contributed by atoms with van der Waals surface area (Å²) in [6.07, 6.45) is 0. The van der Waals surface area contributed by atoms with Crippen LogP contribution in [0, 0.1) is 0 Å². The number of rotatable bonds is 5. The molecule has 0 amide bonds. The van der Waals surface area contributed by atoms with E-state index in [9.17, 15) is 0 Å². The maximum Gasteiger partial charge on any atom is 0.161 e. The Kier molecular flexibility index (Phi) is 4.59. The van der Waals surface area contributed by atoms with Gasteiger partial charge in [-0.25, -0.2) is 9.82 Å². The van der Waals surface area contributed by atoms with Gasteiger partial charge in [-0.3, -0.25) is 0 Å². The van der Waals surface area contributed by atoms with Crippen LogP contribution in [0.5, 0.6) is 0 Å². The van der Waals surface area contributed by atoms with Gasteiger partial charge in [0.1, 0.15) is 0 Å². The Morgan fingerprint density at radius 2 is 2.27 bits per heavy atom. The molecular formula is C9H9ClN2S3. The number of thiazole rings is 1. The lowest BCUT2D eigenvalue weighted by Crippen LogP contribution is -2.01. The Morgan fingerprint density at radius 1 is 1.40 bits per heavy atom. The molecule has 0 saturated heterocycles. The van der Waals surface area contributed by atoms with Crippen LogP contribution in [-0.4, -0.2) is 17.3 Å². The first-order chi connectivity index (χ1) is 7.40. The summed E-state index contributed by atoms with van der Waals surface area (Å²) in [4.78, 5) is 7.12. The number of nitrogens with one attached hydrogen (secondary N) is 1. The minimum atomic E-state index is 0.810. The highest BCUT2D eigenvalue weighted by atomic mass is 35.5. The van der Waals surface area contributed by atoms with E-state index in [1.54, 1.807) is 32.9 Å². The third kappa shape index (κ3) is 3.26. The van der Waals surface area contributed by atoms with Crippen LogP contribution in [0.2, 0.25) is 0 Å². The Morgan fingerprint density at radius 3 is 3.07 bits per heavy atom. The fourth-order valence-corrected chi connectivity index (χ4v) is 4.53. The van der Waals surface area contributed by atoms with Crippen molar-refractivity contribution in [3.05, 3.63) is 24.3 Å². The van der Waals surface area contributed by atoms with Crippen LogP contribution in [0.15, 0.2) is 28.6 Å². The van der Waals surface area contributed by atoms with Gasteiger partial charge in [-0.05, 0) is 34.7 Å². The minimum absolute atomic E-state index is 0.810. The van der Waals surface area contributed by atoms with Crippen LogP contribution in [-0.2, 0) is 0 Å². The van der Waals surface area contributed by atoms with Crippen molar-refractivity contribution in [2.24, 2.45) is 0 Å². The monoisotopic (exact) mass is 276 g/mol. The molecule has 2 aromatic rings. The molecule has 0 unspecified atom stereocenters. The lowest BCUT2D eigenvalue weighted by atomic mass is 10.3. The van der Waals surface area contributed by atoms with Crippen molar-refractivity contribution in [1.29, 1.82) is 0 Å². The van der Waals surface area contributed by atoms with Crippen molar-refractivity contribution in [1.82, 2.24) is 9.82 Å². The van der Waals surface area contributed by atoms with Crippen molar-refractivity contribution in [2.75, 3.05) is 12.3 Å². The van der Waals surface area contributed by atoms with Gasteiger partial charge in [-0.15, -0.1) is 11.3 Å². The third-order valence-electron chi connectivity index (χ3n) is 1.68. The average molecular weight is 277 g/mol. The van der Waals surface area contributed by atoms with Gasteiger partial charge < -0.3 is 0 Å². The van der Waals surface area contributed by atoms with E-state index in [1.807, 2.05) is 18.2 Å². The van der Waals surface area contributed by atoms with Gasteiger partial charge in [0.05, 0.1) is 10.2 Å². The van der Waals surface area contributed by atoms with Gasteiger partial charge >= 0.3 is 0 Å². The molecule has 0 aliphatic carbocycles. The zero-order chi connectivity index (χ0) is 10.5. The molecule has 2 nitrogen and oxygen atoms in total. The Bertz CT molecular complexity index is 399. The fraction of sp³-hybridized carbons (Fsp3) is 0.222. The average Bonchev–Trinajstić information content (AvgIpc) is 2.67. The van der Waals surface area contributed by atoms with Crippen LogP contribution >= 0.6 is 44.7 Å². The molecular weight excluding hydrogens is 268 g/mol. The third-order valence-corrected chi connectivity index (χ3v) is 5.57. The predicted molar refractivity (Wildman–Crippen MR) is 71.8 cm³/mol.